The highest BCUT2D eigenvalue weighted by Crippen LogP contribution is 2.27. The van der Waals surface area contributed by atoms with Crippen molar-refractivity contribution in [1.29, 1.82) is 0 Å². The van der Waals surface area contributed by atoms with Gasteiger partial charge in [0.05, 0.1) is 10.5 Å². The van der Waals surface area contributed by atoms with Crippen molar-refractivity contribution >= 4 is 11.6 Å². The zero-order valence-corrected chi connectivity index (χ0v) is 11.3. The first-order chi connectivity index (χ1) is 9.53. The molecular weight excluding hydrogens is 258 g/mol. The van der Waals surface area contributed by atoms with Gasteiger partial charge in [-0.15, -0.1) is 0 Å². The molecule has 0 atom stereocenters. The Kier molecular flexibility index (Phi) is 4.34. The summed E-state index contributed by atoms with van der Waals surface area (Å²) in [6.07, 6.45) is 3.82. The smallest absolute Gasteiger partial charge is 0.272 e. The Balaban J connectivity index is 1.90. The van der Waals surface area contributed by atoms with Crippen LogP contribution in [-0.4, -0.2) is 22.9 Å². The molecule has 2 rings (SSSR count). The Labute approximate surface area is 117 Å². The first kappa shape index (κ1) is 14.5. The standard InChI is InChI=1S/C14H19N3O3/c15-14(8-3-4-9-14)13(18)16-10-7-11-5-1-2-6-12(11)17(19)20/h1-2,5-6H,3-4,7-10,15H2,(H,16,18). The van der Waals surface area contributed by atoms with Crippen LogP contribution in [0.25, 0.3) is 0 Å². The summed E-state index contributed by atoms with van der Waals surface area (Å²) < 4.78 is 0. The molecule has 1 amide bonds. The number of hydrogen-bond acceptors (Lipinski definition) is 4. The van der Waals surface area contributed by atoms with Crippen molar-refractivity contribution in [2.45, 2.75) is 37.6 Å². The summed E-state index contributed by atoms with van der Waals surface area (Å²) in [5.74, 6) is -0.145. The molecule has 1 fully saturated rings. The topological polar surface area (TPSA) is 98.3 Å². The van der Waals surface area contributed by atoms with Crippen LogP contribution >= 0.6 is 0 Å². The predicted molar refractivity (Wildman–Crippen MR) is 75.2 cm³/mol. The molecule has 3 N–H and O–H groups in total. The predicted octanol–water partition coefficient (Wildman–Crippen LogP) is 1.52. The van der Waals surface area contributed by atoms with E-state index < -0.39 is 10.5 Å². The van der Waals surface area contributed by atoms with Gasteiger partial charge in [0.2, 0.25) is 5.91 Å². The van der Waals surface area contributed by atoms with E-state index in [1.807, 2.05) is 0 Å². The molecule has 1 aliphatic carbocycles. The van der Waals surface area contributed by atoms with E-state index in [0.29, 0.717) is 31.4 Å². The van der Waals surface area contributed by atoms with Crippen molar-refractivity contribution in [2.24, 2.45) is 5.73 Å². The van der Waals surface area contributed by atoms with E-state index in [1.165, 1.54) is 6.07 Å². The van der Waals surface area contributed by atoms with Gasteiger partial charge in [-0.2, -0.15) is 0 Å². The molecule has 0 radical (unpaired) electrons. The Morgan fingerprint density at radius 1 is 1.35 bits per heavy atom. The van der Waals surface area contributed by atoms with Gasteiger partial charge in [-0.3, -0.25) is 14.9 Å². The average molecular weight is 277 g/mol. The van der Waals surface area contributed by atoms with E-state index in [0.717, 1.165) is 12.8 Å². The van der Waals surface area contributed by atoms with Gasteiger partial charge in [-0.05, 0) is 19.3 Å². The quantitative estimate of drug-likeness (QED) is 0.629. The van der Waals surface area contributed by atoms with E-state index in [9.17, 15) is 14.9 Å². The van der Waals surface area contributed by atoms with Gasteiger partial charge >= 0.3 is 0 Å². The lowest BCUT2D eigenvalue weighted by molar-refractivity contribution is -0.385. The second-order valence-electron chi connectivity index (χ2n) is 5.25. The third-order valence-electron chi connectivity index (χ3n) is 3.82. The molecule has 20 heavy (non-hydrogen) atoms. The van der Waals surface area contributed by atoms with Crippen LogP contribution in [0, 0.1) is 10.1 Å². The molecule has 0 aliphatic heterocycles. The number of nitrogens with two attached hydrogens (primary N) is 1. The molecule has 0 spiro atoms. The fraction of sp³-hybridized carbons (Fsp3) is 0.500. The summed E-state index contributed by atoms with van der Waals surface area (Å²) in [6.45, 7) is 0.364. The van der Waals surface area contributed by atoms with Crippen LogP contribution in [0.3, 0.4) is 0 Å². The Bertz CT molecular complexity index is 510. The highest BCUT2D eigenvalue weighted by molar-refractivity contribution is 5.86. The molecule has 0 aromatic heterocycles. The number of nitrogens with zero attached hydrogens (tertiary/aromatic N) is 1. The summed E-state index contributed by atoms with van der Waals surface area (Å²) in [5, 5.41) is 13.7. The highest BCUT2D eigenvalue weighted by atomic mass is 16.6. The summed E-state index contributed by atoms with van der Waals surface area (Å²) >= 11 is 0. The summed E-state index contributed by atoms with van der Waals surface area (Å²) in [4.78, 5) is 22.5. The number of nitrogens with one attached hydrogen (secondary N) is 1. The number of nitro benzene ring substituents is 1. The van der Waals surface area contributed by atoms with Crippen molar-refractivity contribution in [3.63, 3.8) is 0 Å². The number of nitro groups is 1. The van der Waals surface area contributed by atoms with Crippen molar-refractivity contribution in [3.05, 3.63) is 39.9 Å². The normalized spacial score (nSPS) is 16.9. The third kappa shape index (κ3) is 3.14. The van der Waals surface area contributed by atoms with Gasteiger partial charge < -0.3 is 11.1 Å². The summed E-state index contributed by atoms with van der Waals surface area (Å²) in [7, 11) is 0. The fourth-order valence-electron chi connectivity index (χ4n) is 2.62. The van der Waals surface area contributed by atoms with Crippen LogP contribution in [0.15, 0.2) is 24.3 Å². The maximum absolute atomic E-state index is 12.0. The second-order valence-corrected chi connectivity index (χ2v) is 5.25. The molecule has 0 bridgehead atoms. The van der Waals surface area contributed by atoms with Crippen molar-refractivity contribution in [1.82, 2.24) is 5.32 Å². The Hall–Kier alpha value is -1.95. The van der Waals surface area contributed by atoms with Crippen molar-refractivity contribution < 1.29 is 9.72 Å². The number of para-hydroxylation sites is 1. The molecule has 0 unspecified atom stereocenters. The van der Waals surface area contributed by atoms with Crippen LogP contribution in [0.1, 0.15) is 31.2 Å². The van der Waals surface area contributed by atoms with E-state index in [1.54, 1.807) is 18.2 Å². The van der Waals surface area contributed by atoms with Gasteiger partial charge in [-0.1, -0.05) is 31.0 Å². The molecular formula is C14H19N3O3. The second kappa shape index (κ2) is 6.00. The minimum Gasteiger partial charge on any atom is -0.354 e. The van der Waals surface area contributed by atoms with E-state index in [4.69, 9.17) is 5.73 Å². The van der Waals surface area contributed by atoms with Gasteiger partial charge in [0.1, 0.15) is 0 Å². The third-order valence-corrected chi connectivity index (χ3v) is 3.82. The SMILES string of the molecule is NC1(C(=O)NCCc2ccccc2[N+](=O)[O-])CCCC1. The molecule has 1 saturated carbocycles. The van der Waals surface area contributed by atoms with Crippen LogP contribution in [0.5, 0.6) is 0 Å². The van der Waals surface area contributed by atoms with Crippen molar-refractivity contribution in [2.75, 3.05) is 6.54 Å². The monoisotopic (exact) mass is 277 g/mol. The first-order valence-corrected chi connectivity index (χ1v) is 6.82. The lowest BCUT2D eigenvalue weighted by atomic mass is 9.98. The van der Waals surface area contributed by atoms with E-state index in [2.05, 4.69) is 5.32 Å². The molecule has 1 aromatic rings. The fourth-order valence-corrected chi connectivity index (χ4v) is 2.62. The number of amides is 1. The molecule has 1 aliphatic rings. The van der Waals surface area contributed by atoms with Gasteiger partial charge in [0, 0.05) is 18.2 Å². The molecule has 1 aromatic carbocycles. The maximum Gasteiger partial charge on any atom is 0.272 e. The minimum atomic E-state index is -0.747. The molecule has 0 saturated heterocycles. The summed E-state index contributed by atoms with van der Waals surface area (Å²) in [5.41, 5.74) is 6.00. The zero-order valence-electron chi connectivity index (χ0n) is 11.3. The zero-order chi connectivity index (χ0) is 14.6. The number of hydrogen-bond donors (Lipinski definition) is 2. The van der Waals surface area contributed by atoms with Gasteiger partial charge in [-0.25, -0.2) is 0 Å². The molecule has 108 valence electrons. The maximum atomic E-state index is 12.0. The van der Waals surface area contributed by atoms with E-state index in [-0.39, 0.29) is 11.6 Å². The van der Waals surface area contributed by atoms with Gasteiger partial charge in [0.25, 0.3) is 5.69 Å². The van der Waals surface area contributed by atoms with Crippen LogP contribution in [-0.2, 0) is 11.2 Å². The number of rotatable bonds is 5. The largest absolute Gasteiger partial charge is 0.354 e. The number of benzene rings is 1. The van der Waals surface area contributed by atoms with Crippen LogP contribution in [0.4, 0.5) is 5.69 Å². The first-order valence-electron chi connectivity index (χ1n) is 6.82. The molecule has 6 nitrogen and oxygen atoms in total. The molecule has 6 heteroatoms. The minimum absolute atomic E-state index is 0.0880. The lowest BCUT2D eigenvalue weighted by Crippen LogP contribution is -2.52. The summed E-state index contributed by atoms with van der Waals surface area (Å²) in [6, 6.07) is 6.57. The highest BCUT2D eigenvalue weighted by Gasteiger charge is 2.36. The Morgan fingerprint density at radius 3 is 2.65 bits per heavy atom. The Morgan fingerprint density at radius 2 is 2.00 bits per heavy atom. The van der Waals surface area contributed by atoms with Crippen molar-refractivity contribution in [3.8, 4) is 0 Å². The molecule has 0 heterocycles. The number of carbonyl (C=O) groups excluding carboxylic acids is 1. The van der Waals surface area contributed by atoms with Crippen LogP contribution in [0.2, 0.25) is 0 Å². The van der Waals surface area contributed by atoms with E-state index >= 15 is 0 Å². The lowest BCUT2D eigenvalue weighted by Gasteiger charge is -2.22. The number of carbonyl (C=O) groups is 1. The van der Waals surface area contributed by atoms with Crippen LogP contribution < -0.4 is 11.1 Å². The average Bonchev–Trinajstić information content (AvgIpc) is 2.87. The van der Waals surface area contributed by atoms with Gasteiger partial charge in [0.15, 0.2) is 0 Å².